The van der Waals surface area contributed by atoms with Gasteiger partial charge in [-0.2, -0.15) is 0 Å². The molecule has 2 aromatic carbocycles. The van der Waals surface area contributed by atoms with Crippen LogP contribution in [-0.4, -0.2) is 62.2 Å². The zero-order valence-electron chi connectivity index (χ0n) is 20.3. The number of nitrogens with one attached hydrogen (secondary N) is 2. The zero-order valence-corrected chi connectivity index (χ0v) is 21.1. The Labute approximate surface area is 201 Å². The predicted octanol–water partition coefficient (Wildman–Crippen LogP) is 3.55. The van der Waals surface area contributed by atoms with Crippen molar-refractivity contribution in [1.82, 2.24) is 15.8 Å². The highest BCUT2D eigenvalue weighted by Gasteiger charge is 2.37. The summed E-state index contributed by atoms with van der Waals surface area (Å²) in [6.45, 7) is 7.46. The van der Waals surface area contributed by atoms with Crippen molar-refractivity contribution >= 4 is 34.4 Å². The molecule has 2 aromatic rings. The first-order valence-electron chi connectivity index (χ1n) is 10.7. The number of benzene rings is 2. The van der Waals surface area contributed by atoms with Gasteiger partial charge < -0.3 is 24.4 Å². The van der Waals surface area contributed by atoms with Crippen LogP contribution in [0.4, 0.5) is 11.4 Å². The molecule has 9 heteroatoms. The first-order valence-corrected chi connectivity index (χ1v) is 11.1. The second-order valence-corrected chi connectivity index (χ2v) is 9.44. The summed E-state index contributed by atoms with van der Waals surface area (Å²) in [4.78, 5) is 9.62. The molecule has 0 aliphatic carbocycles. The average molecular weight is 472 g/mol. The third-order valence-corrected chi connectivity index (χ3v) is 5.52. The zero-order chi connectivity index (χ0) is 24.3. The number of amidine groups is 1. The van der Waals surface area contributed by atoms with Gasteiger partial charge in [0.05, 0.1) is 29.0 Å². The van der Waals surface area contributed by atoms with Crippen molar-refractivity contribution in [3.05, 3.63) is 41.5 Å². The van der Waals surface area contributed by atoms with E-state index in [0.29, 0.717) is 27.8 Å². The predicted molar refractivity (Wildman–Crippen MR) is 137 cm³/mol. The van der Waals surface area contributed by atoms with Crippen molar-refractivity contribution in [1.29, 1.82) is 0 Å². The average Bonchev–Trinajstić information content (AvgIpc) is 2.74. The maximum Gasteiger partial charge on any atom is 0.156 e. The molecule has 1 heterocycles. The van der Waals surface area contributed by atoms with Crippen molar-refractivity contribution < 1.29 is 14.6 Å². The van der Waals surface area contributed by atoms with Crippen molar-refractivity contribution in [3.8, 4) is 17.2 Å². The van der Waals surface area contributed by atoms with Gasteiger partial charge in [0.15, 0.2) is 5.84 Å². The number of methoxy groups -OCH3 is 1. The Morgan fingerprint density at radius 1 is 1.15 bits per heavy atom. The molecule has 0 radical (unpaired) electrons. The van der Waals surface area contributed by atoms with Gasteiger partial charge in [-0.1, -0.05) is 12.2 Å². The number of aromatic hydroxyl groups is 1. The van der Waals surface area contributed by atoms with E-state index >= 15 is 0 Å². The summed E-state index contributed by atoms with van der Waals surface area (Å²) in [7, 11) is 7.77. The molecule has 8 nitrogen and oxygen atoms in total. The number of anilines is 1. The van der Waals surface area contributed by atoms with Gasteiger partial charge in [-0.3, -0.25) is 10.9 Å². The van der Waals surface area contributed by atoms with Crippen molar-refractivity contribution in [3.63, 3.8) is 0 Å². The Hall–Kier alpha value is -3.04. The van der Waals surface area contributed by atoms with Gasteiger partial charge in [-0.05, 0) is 59.1 Å². The molecule has 1 aliphatic heterocycles. The number of hydrogen-bond donors (Lipinski definition) is 3. The highest BCUT2D eigenvalue weighted by atomic mass is 32.1. The molecule has 1 aliphatic rings. The van der Waals surface area contributed by atoms with Crippen LogP contribution in [0.5, 0.6) is 17.2 Å². The summed E-state index contributed by atoms with van der Waals surface area (Å²) in [6.07, 6.45) is 0. The molecular weight excluding hydrogens is 438 g/mol. The van der Waals surface area contributed by atoms with E-state index in [0.717, 1.165) is 30.1 Å². The fourth-order valence-corrected chi connectivity index (χ4v) is 3.60. The number of hydrazine groups is 1. The van der Waals surface area contributed by atoms with Crippen LogP contribution in [-0.2, 0) is 5.60 Å². The number of thiocarbonyl (C=S) groups is 1. The monoisotopic (exact) mass is 471 g/mol. The lowest BCUT2D eigenvalue weighted by Crippen LogP contribution is -2.41. The highest BCUT2D eigenvalue weighted by molar-refractivity contribution is 7.80. The van der Waals surface area contributed by atoms with E-state index < -0.39 is 5.60 Å². The summed E-state index contributed by atoms with van der Waals surface area (Å²) >= 11 is 5.16. The number of rotatable bonds is 7. The van der Waals surface area contributed by atoms with Crippen LogP contribution in [0.1, 0.15) is 31.9 Å². The van der Waals surface area contributed by atoms with E-state index in [1.807, 2.05) is 59.3 Å². The first kappa shape index (κ1) is 24.6. The highest BCUT2D eigenvalue weighted by Crippen LogP contribution is 2.46. The molecule has 0 spiro atoms. The van der Waals surface area contributed by atoms with Gasteiger partial charge >= 0.3 is 0 Å². The van der Waals surface area contributed by atoms with Crippen LogP contribution in [0.3, 0.4) is 0 Å². The van der Waals surface area contributed by atoms with Gasteiger partial charge in [0.1, 0.15) is 22.8 Å². The van der Waals surface area contributed by atoms with Crippen LogP contribution in [0.25, 0.3) is 0 Å². The minimum atomic E-state index is -0.418. The summed E-state index contributed by atoms with van der Waals surface area (Å²) in [5, 5.41) is 10.7. The second-order valence-electron chi connectivity index (χ2n) is 8.83. The van der Waals surface area contributed by atoms with Crippen molar-refractivity contribution in [2.75, 3.05) is 46.2 Å². The first-order chi connectivity index (χ1) is 15.5. The molecule has 33 heavy (non-hydrogen) atoms. The quantitative estimate of drug-likeness (QED) is 0.245. The van der Waals surface area contributed by atoms with Crippen LogP contribution in [0.2, 0.25) is 0 Å². The molecule has 3 rings (SSSR count). The van der Waals surface area contributed by atoms with Crippen LogP contribution in [0.15, 0.2) is 35.3 Å². The fourth-order valence-electron chi connectivity index (χ4n) is 3.55. The molecule has 0 aromatic heterocycles. The lowest BCUT2D eigenvalue weighted by molar-refractivity contribution is 0.0513. The van der Waals surface area contributed by atoms with E-state index in [1.165, 1.54) is 0 Å². The Kier molecular flexibility index (Phi) is 7.34. The summed E-state index contributed by atoms with van der Waals surface area (Å²) in [5.74, 6) is 1.94. The third kappa shape index (κ3) is 5.66. The van der Waals surface area contributed by atoms with Crippen LogP contribution >= 0.6 is 12.2 Å². The van der Waals surface area contributed by atoms with Crippen molar-refractivity contribution in [2.45, 2.75) is 26.4 Å². The van der Waals surface area contributed by atoms with E-state index in [9.17, 15) is 5.11 Å². The summed E-state index contributed by atoms with van der Waals surface area (Å²) in [6, 6.07) is 9.25. The number of nitrogens with zero attached hydrogens (tertiary/aromatic N) is 3. The number of fused-ring (bicyclic) bond motifs is 1. The largest absolute Gasteiger partial charge is 0.507 e. The van der Waals surface area contributed by atoms with Gasteiger partial charge in [-0.15, -0.1) is 0 Å². The molecule has 0 amide bonds. The Morgan fingerprint density at radius 2 is 1.88 bits per heavy atom. The summed E-state index contributed by atoms with van der Waals surface area (Å²) in [5.41, 5.74) is 8.73. The molecule has 0 saturated carbocycles. The minimum absolute atomic E-state index is 0.0659. The van der Waals surface area contributed by atoms with Gasteiger partial charge in [-0.25, -0.2) is 4.99 Å². The number of hydrogen-bond acceptors (Lipinski definition) is 7. The minimum Gasteiger partial charge on any atom is -0.507 e. The topological polar surface area (TPSA) is 81.6 Å². The molecule has 3 N–H and O–H groups in total. The van der Waals surface area contributed by atoms with E-state index in [2.05, 4.69) is 20.7 Å². The molecule has 0 bridgehead atoms. The smallest absolute Gasteiger partial charge is 0.156 e. The SMILES string of the molecule is COc1ccc(N=C(NNC(C)=S)c2cc3c(cc2O)OC3(C)C)cc1N(C)CCN(C)C. The number of phenolic OH excluding ortho intramolecular Hbond substituents is 1. The summed E-state index contributed by atoms with van der Waals surface area (Å²) < 4.78 is 11.3. The van der Waals surface area contributed by atoms with E-state index in [-0.39, 0.29) is 5.75 Å². The van der Waals surface area contributed by atoms with Crippen molar-refractivity contribution in [2.24, 2.45) is 4.99 Å². The molecule has 0 unspecified atom stereocenters. The molecular formula is C24H33N5O3S. The van der Waals surface area contributed by atoms with Gasteiger partial charge in [0.25, 0.3) is 0 Å². The number of likely N-dealkylation sites (N-methyl/N-ethyl adjacent to an activating group) is 2. The number of phenols is 1. The van der Waals surface area contributed by atoms with Gasteiger partial charge in [0.2, 0.25) is 0 Å². The lowest BCUT2D eigenvalue weighted by Gasteiger charge is -2.39. The van der Waals surface area contributed by atoms with E-state index in [4.69, 9.17) is 26.7 Å². The maximum atomic E-state index is 10.7. The molecule has 0 fully saturated rings. The Balaban J connectivity index is 2.03. The standard InChI is InChI=1S/C24H33N5O3S/c1-15(33)26-27-23(17-13-18-22(14-20(17)30)32-24(18,2)3)25-16-8-9-21(31-7)19(12-16)29(6)11-10-28(4)5/h8-9,12-14,30H,10-11H2,1-7H3,(H,25,27)(H,26,33). The second kappa shape index (κ2) is 9.84. The van der Waals surface area contributed by atoms with Crippen LogP contribution < -0.4 is 25.2 Å². The molecule has 0 atom stereocenters. The van der Waals surface area contributed by atoms with Gasteiger partial charge in [0, 0.05) is 31.8 Å². The normalized spacial score (nSPS) is 14.1. The van der Waals surface area contributed by atoms with Crippen LogP contribution in [0, 0.1) is 0 Å². The lowest BCUT2D eigenvalue weighted by atomic mass is 9.89. The fraction of sp³-hybridized carbons (Fsp3) is 0.417. The third-order valence-electron chi connectivity index (χ3n) is 5.42. The number of aliphatic imine (C=N–C) groups is 1. The number of ether oxygens (including phenoxy) is 2. The Bertz CT molecular complexity index is 1070. The van der Waals surface area contributed by atoms with E-state index in [1.54, 1.807) is 20.1 Å². The molecule has 0 saturated heterocycles. The Morgan fingerprint density at radius 3 is 2.48 bits per heavy atom. The molecule has 178 valence electrons. The maximum absolute atomic E-state index is 10.7.